The van der Waals surface area contributed by atoms with Crippen molar-refractivity contribution in [1.29, 1.82) is 0 Å². The molecule has 0 fully saturated rings. The molecule has 0 radical (unpaired) electrons. The molecule has 0 unspecified atom stereocenters. The van der Waals surface area contributed by atoms with Crippen LogP contribution in [0.1, 0.15) is 25.0 Å². The molecule has 0 N–H and O–H groups in total. The Morgan fingerprint density at radius 2 is 1.82 bits per heavy atom. The van der Waals surface area contributed by atoms with Gasteiger partial charge in [-0.15, -0.1) is 0 Å². The fourth-order valence-electron chi connectivity index (χ4n) is 1.82. The fraction of sp³-hybridized carbons (Fsp3) is 0.462. The van der Waals surface area contributed by atoms with Crippen LogP contribution in [0.15, 0.2) is 24.3 Å². The van der Waals surface area contributed by atoms with Gasteiger partial charge in [0.25, 0.3) is 0 Å². The third kappa shape index (κ3) is 3.05. The second-order valence-corrected chi connectivity index (χ2v) is 4.07. The molecule has 1 aromatic rings. The van der Waals surface area contributed by atoms with Gasteiger partial charge in [0.15, 0.2) is 6.29 Å². The van der Waals surface area contributed by atoms with E-state index in [4.69, 9.17) is 14.2 Å². The van der Waals surface area contributed by atoms with Gasteiger partial charge in [-0.05, 0) is 18.1 Å². The Labute approximate surface area is 100 Å². The normalized spacial score (nSPS) is 18.0. The average Bonchev–Trinajstić information content (AvgIpc) is 2.50. The Kier molecular flexibility index (Phi) is 3.76. The van der Waals surface area contributed by atoms with Gasteiger partial charge in [0.2, 0.25) is 0 Å². The number of benzene rings is 1. The van der Waals surface area contributed by atoms with Crippen molar-refractivity contribution in [2.24, 2.45) is 0 Å². The van der Waals surface area contributed by atoms with Crippen molar-refractivity contribution < 1.29 is 19.0 Å². The minimum atomic E-state index is -0.508. The van der Waals surface area contributed by atoms with Gasteiger partial charge in [-0.25, -0.2) is 0 Å². The molecule has 92 valence electrons. The highest BCUT2D eigenvalue weighted by atomic mass is 16.7. The minimum Gasteiger partial charge on any atom is -0.457 e. The largest absolute Gasteiger partial charge is 0.457 e. The van der Waals surface area contributed by atoms with Gasteiger partial charge < -0.3 is 14.2 Å². The third-order valence-corrected chi connectivity index (χ3v) is 2.66. The zero-order valence-electron chi connectivity index (χ0n) is 10.0. The number of carbonyl (C=O) groups excluding carboxylic acids is 1. The summed E-state index contributed by atoms with van der Waals surface area (Å²) in [5.41, 5.74) is 2.23. The van der Waals surface area contributed by atoms with Gasteiger partial charge in [-0.3, -0.25) is 4.79 Å². The Morgan fingerprint density at radius 3 is 2.29 bits per heavy atom. The highest BCUT2D eigenvalue weighted by Gasteiger charge is 2.24. The van der Waals surface area contributed by atoms with Crippen LogP contribution >= 0.6 is 0 Å². The van der Waals surface area contributed by atoms with E-state index in [9.17, 15) is 4.79 Å². The summed E-state index contributed by atoms with van der Waals surface area (Å²) < 4.78 is 16.2. The molecule has 0 bridgehead atoms. The summed E-state index contributed by atoms with van der Waals surface area (Å²) >= 11 is 0. The quantitative estimate of drug-likeness (QED) is 0.737. The van der Waals surface area contributed by atoms with Crippen LogP contribution < -0.4 is 0 Å². The lowest BCUT2D eigenvalue weighted by Gasteiger charge is -2.21. The molecule has 0 saturated carbocycles. The predicted molar refractivity (Wildman–Crippen MR) is 61.0 cm³/mol. The molecule has 0 amide bonds. The number of hydrogen-bond donors (Lipinski definition) is 0. The van der Waals surface area contributed by atoms with Gasteiger partial charge in [0, 0.05) is 6.92 Å². The molecule has 1 aliphatic heterocycles. The van der Waals surface area contributed by atoms with Crippen molar-refractivity contribution in [3.05, 3.63) is 35.4 Å². The summed E-state index contributed by atoms with van der Waals surface area (Å²) in [6.07, 6.45) is -0.909. The lowest BCUT2D eigenvalue weighted by Crippen LogP contribution is -2.31. The highest BCUT2D eigenvalue weighted by molar-refractivity contribution is 5.66. The molecule has 1 heterocycles. The zero-order valence-corrected chi connectivity index (χ0v) is 10.0. The molecule has 4 heteroatoms. The first-order chi connectivity index (χ1) is 8.16. The lowest BCUT2D eigenvalue weighted by molar-refractivity contribution is -0.209. The van der Waals surface area contributed by atoms with Gasteiger partial charge in [0.1, 0.15) is 6.10 Å². The summed E-state index contributed by atoms with van der Waals surface area (Å²) in [6.45, 7) is 4.10. The van der Waals surface area contributed by atoms with E-state index >= 15 is 0 Å². The van der Waals surface area contributed by atoms with E-state index in [2.05, 4.69) is 0 Å². The molecule has 1 aromatic carbocycles. The Hall–Kier alpha value is -1.39. The summed E-state index contributed by atoms with van der Waals surface area (Å²) in [4.78, 5) is 10.9. The lowest BCUT2D eigenvalue weighted by atomic mass is 10.1. The first-order valence-electron chi connectivity index (χ1n) is 5.64. The van der Waals surface area contributed by atoms with Crippen molar-refractivity contribution in [2.45, 2.75) is 39.5 Å². The number of ether oxygens (including phenoxy) is 3. The minimum absolute atomic E-state index is 0.327. The summed E-state index contributed by atoms with van der Waals surface area (Å²) in [5, 5.41) is 0. The zero-order chi connectivity index (χ0) is 12.3. The van der Waals surface area contributed by atoms with Crippen LogP contribution in [-0.4, -0.2) is 18.4 Å². The van der Waals surface area contributed by atoms with E-state index in [1.165, 1.54) is 6.92 Å². The highest BCUT2D eigenvalue weighted by Crippen LogP contribution is 2.20. The van der Waals surface area contributed by atoms with Crippen molar-refractivity contribution in [3.63, 3.8) is 0 Å². The van der Waals surface area contributed by atoms with Gasteiger partial charge in [-0.2, -0.15) is 0 Å². The van der Waals surface area contributed by atoms with Crippen LogP contribution in [0.5, 0.6) is 0 Å². The van der Waals surface area contributed by atoms with Gasteiger partial charge in [0.05, 0.1) is 13.2 Å². The molecule has 4 nitrogen and oxygen atoms in total. The second-order valence-electron chi connectivity index (χ2n) is 4.07. The van der Waals surface area contributed by atoms with Crippen molar-refractivity contribution in [1.82, 2.24) is 0 Å². The Morgan fingerprint density at radius 1 is 1.29 bits per heavy atom. The third-order valence-electron chi connectivity index (χ3n) is 2.66. The number of hydrogen-bond acceptors (Lipinski definition) is 4. The monoisotopic (exact) mass is 236 g/mol. The first-order valence-corrected chi connectivity index (χ1v) is 5.64. The van der Waals surface area contributed by atoms with Crippen molar-refractivity contribution in [3.8, 4) is 0 Å². The SMILES string of the molecule is CC(=O)O[C@H](C)C1OCc2ccccc2CO1. The van der Waals surface area contributed by atoms with E-state index in [1.807, 2.05) is 24.3 Å². The maximum Gasteiger partial charge on any atom is 0.303 e. The van der Waals surface area contributed by atoms with Crippen molar-refractivity contribution in [2.75, 3.05) is 0 Å². The topological polar surface area (TPSA) is 44.8 Å². The van der Waals surface area contributed by atoms with E-state index in [-0.39, 0.29) is 5.97 Å². The van der Waals surface area contributed by atoms with Crippen LogP contribution in [-0.2, 0) is 32.2 Å². The standard InChI is InChI=1S/C13H16O4/c1-9(17-10(2)14)13-15-7-11-5-3-4-6-12(11)8-16-13/h3-6,9,13H,7-8H2,1-2H3/t9-/m1/s1. The average molecular weight is 236 g/mol. The van der Waals surface area contributed by atoms with E-state index < -0.39 is 12.4 Å². The van der Waals surface area contributed by atoms with Crippen LogP contribution in [0.2, 0.25) is 0 Å². The predicted octanol–water partition coefficient (Wildman–Crippen LogP) is 2.01. The Bertz CT molecular complexity index is 375. The number of fused-ring (bicyclic) bond motifs is 1. The summed E-state index contributed by atoms with van der Waals surface area (Å²) in [5.74, 6) is -0.327. The van der Waals surface area contributed by atoms with Gasteiger partial charge in [-0.1, -0.05) is 24.3 Å². The molecule has 0 aromatic heterocycles. The van der Waals surface area contributed by atoms with Crippen molar-refractivity contribution >= 4 is 5.97 Å². The number of rotatable bonds is 2. The molecular weight excluding hydrogens is 220 g/mol. The van der Waals surface area contributed by atoms with E-state index in [1.54, 1.807) is 6.92 Å². The summed E-state index contributed by atoms with van der Waals surface area (Å²) in [7, 11) is 0. The number of esters is 1. The molecule has 0 saturated heterocycles. The first kappa shape index (κ1) is 12.1. The smallest absolute Gasteiger partial charge is 0.303 e. The van der Waals surface area contributed by atoms with E-state index in [0.29, 0.717) is 13.2 Å². The molecule has 17 heavy (non-hydrogen) atoms. The Balaban J connectivity index is 2.01. The molecule has 0 spiro atoms. The van der Waals surface area contributed by atoms with Gasteiger partial charge >= 0.3 is 5.97 Å². The maximum absolute atomic E-state index is 10.9. The summed E-state index contributed by atoms with van der Waals surface area (Å²) in [6, 6.07) is 7.96. The van der Waals surface area contributed by atoms with Crippen LogP contribution in [0, 0.1) is 0 Å². The molecule has 0 aliphatic carbocycles. The van der Waals surface area contributed by atoms with Crippen LogP contribution in [0.3, 0.4) is 0 Å². The molecular formula is C13H16O4. The fourth-order valence-corrected chi connectivity index (χ4v) is 1.82. The van der Waals surface area contributed by atoms with Crippen LogP contribution in [0.4, 0.5) is 0 Å². The molecule has 1 aliphatic rings. The second kappa shape index (κ2) is 5.29. The van der Waals surface area contributed by atoms with Crippen LogP contribution in [0.25, 0.3) is 0 Å². The van der Waals surface area contributed by atoms with E-state index in [0.717, 1.165) is 11.1 Å². The molecule has 1 atom stereocenters. The number of carbonyl (C=O) groups is 1. The maximum atomic E-state index is 10.9. The molecule has 2 rings (SSSR count).